The van der Waals surface area contributed by atoms with E-state index in [2.05, 4.69) is 184 Å². The molecule has 0 heterocycles. The van der Waals surface area contributed by atoms with Crippen LogP contribution in [0.1, 0.15) is 73.5 Å². The van der Waals surface area contributed by atoms with Gasteiger partial charge in [0.2, 0.25) is 0 Å². The quantitative estimate of drug-likeness (QED) is 0.201. The van der Waals surface area contributed by atoms with Crippen LogP contribution in [0.2, 0.25) is 3.72 Å². The number of benzene rings is 5. The minimum absolute atomic E-state index is 0. The van der Waals surface area contributed by atoms with Crippen LogP contribution < -0.4 is 42.4 Å². The van der Waals surface area contributed by atoms with Crippen LogP contribution in [0, 0.1) is 13.8 Å². The summed E-state index contributed by atoms with van der Waals surface area (Å²) in [7, 11) is -0.878. The number of halogens is 3. The van der Waals surface area contributed by atoms with Crippen LogP contribution in [-0.2, 0) is 33.3 Å². The van der Waals surface area contributed by atoms with E-state index in [4.69, 9.17) is 0 Å². The summed E-state index contributed by atoms with van der Waals surface area (Å²) in [5.41, 5.74) is 20.1. The van der Waals surface area contributed by atoms with Crippen molar-refractivity contribution in [1.29, 1.82) is 0 Å². The van der Waals surface area contributed by atoms with E-state index in [0.717, 1.165) is 12.8 Å². The summed E-state index contributed by atoms with van der Waals surface area (Å²) in [5.74, 6) is 0. The number of hydrogen-bond donors (Lipinski definition) is 0. The summed E-state index contributed by atoms with van der Waals surface area (Å²) in [4.78, 5) is 0. The first-order chi connectivity index (χ1) is 22.6. The standard InChI is InChI=1S/C45H47Si.3ClH.Ti/c1-8-34-23-35(9-2)25-40(24-34)43-32(6)31(5)33(7)44(43)45(41-21-29(3)20-30(4)22-41)46-42-27-38(36-16-12-10-13-17-36)26-39(28-42)37-18-14-11-15-19-37;;;;/h10-28,45H,8-9,46H2,1-7H3;3*1H;/q;;;;+3/p-3. The minimum atomic E-state index is -0.878. The van der Waals surface area contributed by atoms with Gasteiger partial charge in [0.15, 0.2) is 0 Å². The number of allylic oxidation sites excluding steroid dienone is 4. The van der Waals surface area contributed by atoms with Crippen LogP contribution in [0.5, 0.6) is 0 Å². The molecule has 0 nitrogen and oxygen atoms in total. The SMILES string of the molecule is CCc1cc(CC)cc(C2=C(C)C(C)=C(C)[C]2([Ti+3])C([SiH2]c2cc(-c3ccccc3)cc(-c3ccccc3)c2)c2cc(C)cc(C)c2)c1.[Cl-].[Cl-].[Cl-]. The molecule has 0 bridgehead atoms. The predicted molar refractivity (Wildman–Crippen MR) is 203 cm³/mol. The maximum absolute atomic E-state index is 2.58. The summed E-state index contributed by atoms with van der Waals surface area (Å²) < 4.78 is -0.117. The van der Waals surface area contributed by atoms with Crippen molar-refractivity contribution in [2.75, 3.05) is 0 Å². The van der Waals surface area contributed by atoms with Crippen molar-refractivity contribution in [1.82, 2.24) is 0 Å². The van der Waals surface area contributed by atoms with Crippen LogP contribution >= 0.6 is 0 Å². The van der Waals surface area contributed by atoms with Gasteiger partial charge in [-0.1, -0.05) is 0 Å². The molecule has 0 radical (unpaired) electrons. The van der Waals surface area contributed by atoms with Gasteiger partial charge in [-0.15, -0.1) is 0 Å². The van der Waals surface area contributed by atoms with E-state index in [1.54, 1.807) is 0 Å². The molecule has 0 spiro atoms. The minimum Gasteiger partial charge on any atom is -1.00 e. The molecule has 2 atom stereocenters. The van der Waals surface area contributed by atoms with Crippen LogP contribution in [0.25, 0.3) is 27.8 Å². The van der Waals surface area contributed by atoms with E-state index in [0.29, 0.717) is 5.54 Å². The Kier molecular flexibility index (Phi) is 14.8. The molecular weight excluding hydrogens is 723 g/mol. The van der Waals surface area contributed by atoms with E-state index in [9.17, 15) is 0 Å². The van der Waals surface area contributed by atoms with Crippen molar-refractivity contribution >= 4 is 20.3 Å². The topological polar surface area (TPSA) is 0 Å². The van der Waals surface area contributed by atoms with E-state index < -0.39 is 9.52 Å². The molecule has 1 aliphatic rings. The normalized spacial score (nSPS) is 16.3. The fourth-order valence-corrected chi connectivity index (χ4v) is 11.8. The first kappa shape index (κ1) is 41.8. The maximum atomic E-state index is 2.58. The van der Waals surface area contributed by atoms with Gasteiger partial charge in [-0.3, -0.25) is 0 Å². The second-order valence-electron chi connectivity index (χ2n) is 13.6. The maximum Gasteiger partial charge on any atom is -1.00 e. The van der Waals surface area contributed by atoms with Gasteiger partial charge in [0.05, 0.1) is 0 Å². The molecule has 256 valence electrons. The Labute approximate surface area is 333 Å². The summed E-state index contributed by atoms with van der Waals surface area (Å²) >= 11 is 2.58. The van der Waals surface area contributed by atoms with Gasteiger partial charge in [-0.2, -0.15) is 0 Å². The first-order valence-electron chi connectivity index (χ1n) is 17.2. The largest absolute Gasteiger partial charge is 1.00 e. The molecule has 0 N–H and O–H groups in total. The zero-order valence-electron chi connectivity index (χ0n) is 30.3. The molecule has 0 amide bonds. The molecule has 5 aromatic rings. The monoisotopic (exact) mass is 768 g/mol. The molecule has 0 fully saturated rings. The summed E-state index contributed by atoms with van der Waals surface area (Å²) in [6, 6.07) is 44.0. The van der Waals surface area contributed by atoms with Crippen molar-refractivity contribution in [3.63, 3.8) is 0 Å². The fraction of sp³-hybridized carbons (Fsp3) is 0.244. The molecule has 0 saturated heterocycles. The average Bonchev–Trinajstić information content (AvgIpc) is 3.26. The van der Waals surface area contributed by atoms with E-state index in [1.165, 1.54) is 83.1 Å². The molecule has 50 heavy (non-hydrogen) atoms. The van der Waals surface area contributed by atoms with E-state index in [1.807, 2.05) is 0 Å². The van der Waals surface area contributed by atoms with E-state index in [-0.39, 0.29) is 40.9 Å². The van der Waals surface area contributed by atoms with Crippen molar-refractivity contribution in [3.05, 3.63) is 165 Å². The molecule has 1 aliphatic carbocycles. The van der Waals surface area contributed by atoms with Crippen molar-refractivity contribution < 1.29 is 57.7 Å². The fourth-order valence-electron chi connectivity index (χ4n) is 7.81. The van der Waals surface area contributed by atoms with E-state index >= 15 is 0 Å². The number of aryl methyl sites for hydroxylation is 4. The van der Waals surface area contributed by atoms with Gasteiger partial charge in [0.1, 0.15) is 0 Å². The third-order valence-corrected chi connectivity index (χ3v) is 15.0. The third-order valence-electron chi connectivity index (χ3n) is 10.5. The van der Waals surface area contributed by atoms with Gasteiger partial charge in [-0.25, -0.2) is 0 Å². The first-order valence-corrected chi connectivity index (χ1v) is 19.5. The molecular formula is C45H47Cl3SiTi. The Bertz CT molecular complexity index is 1900. The van der Waals surface area contributed by atoms with Crippen LogP contribution in [0.3, 0.4) is 0 Å². The second kappa shape index (κ2) is 17.7. The molecule has 0 aliphatic heterocycles. The Morgan fingerprint density at radius 2 is 1.02 bits per heavy atom. The Hall–Kier alpha value is -2.62. The van der Waals surface area contributed by atoms with Crippen LogP contribution in [0.4, 0.5) is 0 Å². The summed E-state index contributed by atoms with van der Waals surface area (Å²) in [6.07, 6.45) is 2.11. The van der Waals surface area contributed by atoms with Gasteiger partial charge in [-0.05, 0) is 0 Å². The molecule has 6 rings (SSSR count). The van der Waals surface area contributed by atoms with Crippen molar-refractivity contribution in [3.8, 4) is 22.3 Å². The van der Waals surface area contributed by atoms with Gasteiger partial charge in [0.25, 0.3) is 0 Å². The molecule has 0 aromatic heterocycles. The smallest absolute Gasteiger partial charge is 1.00 e. The van der Waals surface area contributed by atoms with Crippen molar-refractivity contribution in [2.45, 2.75) is 70.6 Å². The van der Waals surface area contributed by atoms with Gasteiger partial charge in [0, 0.05) is 0 Å². The zero-order valence-corrected chi connectivity index (χ0v) is 35.5. The Morgan fingerprint density at radius 1 is 0.540 bits per heavy atom. The third kappa shape index (κ3) is 8.36. The van der Waals surface area contributed by atoms with Crippen LogP contribution in [-0.4, -0.2) is 9.52 Å². The zero-order chi connectivity index (χ0) is 33.3. The number of rotatable bonds is 9. The van der Waals surface area contributed by atoms with Gasteiger partial charge < -0.3 is 37.2 Å². The molecule has 0 saturated carbocycles. The molecule has 2 unspecified atom stereocenters. The average molecular weight is 770 g/mol. The molecule has 5 aromatic carbocycles. The number of hydrogen-bond acceptors (Lipinski definition) is 0. The van der Waals surface area contributed by atoms with Gasteiger partial charge >= 0.3 is 299 Å². The molecule has 5 heteroatoms. The Morgan fingerprint density at radius 3 is 1.48 bits per heavy atom. The summed E-state index contributed by atoms with van der Waals surface area (Å²) in [5, 5.41) is 1.52. The second-order valence-corrected chi connectivity index (χ2v) is 16.9. The summed E-state index contributed by atoms with van der Waals surface area (Å²) in [6.45, 7) is 16.3. The van der Waals surface area contributed by atoms with Crippen molar-refractivity contribution in [2.24, 2.45) is 0 Å². The predicted octanol–water partition coefficient (Wildman–Crippen LogP) is 1.84. The van der Waals surface area contributed by atoms with Crippen LogP contribution in [0.15, 0.2) is 132 Å². The Balaban J connectivity index is 0.00000225.